The van der Waals surface area contributed by atoms with Gasteiger partial charge >= 0.3 is 6.18 Å². The van der Waals surface area contributed by atoms with Crippen LogP contribution in [-0.4, -0.2) is 16.0 Å². The van der Waals surface area contributed by atoms with Gasteiger partial charge in [-0.15, -0.1) is 0 Å². The van der Waals surface area contributed by atoms with E-state index in [1.807, 2.05) is 0 Å². The van der Waals surface area contributed by atoms with Crippen LogP contribution in [0.3, 0.4) is 0 Å². The fourth-order valence-corrected chi connectivity index (χ4v) is 2.84. The molecule has 3 rings (SSSR count). The van der Waals surface area contributed by atoms with E-state index in [0.29, 0.717) is 5.56 Å². The highest BCUT2D eigenvalue weighted by atomic mass is 19.4. The quantitative estimate of drug-likeness (QED) is 0.745. The van der Waals surface area contributed by atoms with E-state index in [4.69, 9.17) is 0 Å². The molecule has 4 nitrogen and oxygen atoms in total. The van der Waals surface area contributed by atoms with E-state index in [2.05, 4.69) is 20.6 Å². The van der Waals surface area contributed by atoms with Gasteiger partial charge < -0.3 is 10.6 Å². The van der Waals surface area contributed by atoms with Gasteiger partial charge in [0.25, 0.3) is 0 Å². The van der Waals surface area contributed by atoms with Crippen molar-refractivity contribution in [3.05, 3.63) is 47.2 Å². The van der Waals surface area contributed by atoms with Crippen molar-refractivity contribution in [2.45, 2.75) is 44.4 Å². The van der Waals surface area contributed by atoms with Crippen molar-refractivity contribution in [2.75, 3.05) is 10.6 Å². The lowest BCUT2D eigenvalue weighted by molar-refractivity contribution is -0.141. The standard InChI is InChI=1S/C17H17F5N4/c18-12-6-5-10(7-13(12)19)9-23-15-8-14(17(20,21)22)25-16(26-15)24-11-3-1-2-4-11/h5-8,11H,1-4,9H2,(H2,23,24,25,26). The molecule has 2 N–H and O–H groups in total. The molecule has 1 aliphatic rings. The smallest absolute Gasteiger partial charge is 0.366 e. The van der Waals surface area contributed by atoms with Crippen molar-refractivity contribution >= 4 is 11.8 Å². The van der Waals surface area contributed by atoms with Crippen molar-refractivity contribution in [3.63, 3.8) is 0 Å². The average molecular weight is 372 g/mol. The zero-order valence-corrected chi connectivity index (χ0v) is 13.7. The SMILES string of the molecule is Fc1ccc(CNc2cc(C(F)(F)F)nc(NC3CCCC3)n2)cc1F. The topological polar surface area (TPSA) is 49.8 Å². The van der Waals surface area contributed by atoms with Crippen LogP contribution in [-0.2, 0) is 12.7 Å². The molecule has 0 amide bonds. The molecule has 0 saturated heterocycles. The summed E-state index contributed by atoms with van der Waals surface area (Å²) in [4.78, 5) is 7.62. The van der Waals surface area contributed by atoms with Crippen LogP contribution in [0.4, 0.5) is 33.7 Å². The summed E-state index contributed by atoms with van der Waals surface area (Å²) in [5, 5.41) is 5.64. The minimum absolute atomic E-state index is 0.00558. The third kappa shape index (κ3) is 4.59. The van der Waals surface area contributed by atoms with Gasteiger partial charge in [-0.25, -0.2) is 13.8 Å². The van der Waals surface area contributed by atoms with E-state index in [0.717, 1.165) is 43.9 Å². The second-order valence-electron chi connectivity index (χ2n) is 6.19. The lowest BCUT2D eigenvalue weighted by Crippen LogP contribution is -2.19. The molecule has 9 heteroatoms. The maximum atomic E-state index is 13.2. The molecule has 140 valence electrons. The predicted octanol–water partition coefficient (Wildman–Crippen LogP) is 4.74. The van der Waals surface area contributed by atoms with Gasteiger partial charge in [0.05, 0.1) is 0 Å². The van der Waals surface area contributed by atoms with Crippen LogP contribution >= 0.6 is 0 Å². The Balaban J connectivity index is 1.78. The summed E-state index contributed by atoms with van der Waals surface area (Å²) < 4.78 is 65.4. The minimum Gasteiger partial charge on any atom is -0.366 e. The highest BCUT2D eigenvalue weighted by molar-refractivity contribution is 5.44. The van der Waals surface area contributed by atoms with Gasteiger partial charge in [-0.05, 0) is 30.5 Å². The normalized spacial score (nSPS) is 15.3. The largest absolute Gasteiger partial charge is 0.433 e. The Hall–Kier alpha value is -2.45. The highest BCUT2D eigenvalue weighted by Gasteiger charge is 2.34. The van der Waals surface area contributed by atoms with E-state index < -0.39 is 23.5 Å². The zero-order chi connectivity index (χ0) is 18.7. The Kier molecular flexibility index (Phi) is 5.24. The molecule has 0 bridgehead atoms. The molecule has 2 aromatic rings. The van der Waals surface area contributed by atoms with E-state index in [1.165, 1.54) is 6.07 Å². The molecule has 1 aromatic carbocycles. The summed E-state index contributed by atoms with van der Waals surface area (Å²) in [6.07, 6.45) is -0.877. The molecular weight excluding hydrogens is 355 g/mol. The van der Waals surface area contributed by atoms with Crippen molar-refractivity contribution in [3.8, 4) is 0 Å². The first-order valence-corrected chi connectivity index (χ1v) is 8.22. The monoisotopic (exact) mass is 372 g/mol. The van der Waals surface area contributed by atoms with E-state index >= 15 is 0 Å². The first-order chi connectivity index (χ1) is 12.3. The fraction of sp³-hybridized carbons (Fsp3) is 0.412. The number of anilines is 2. The Morgan fingerprint density at radius 2 is 1.73 bits per heavy atom. The molecule has 0 spiro atoms. The van der Waals surface area contributed by atoms with Gasteiger partial charge in [0, 0.05) is 18.7 Å². The van der Waals surface area contributed by atoms with Gasteiger partial charge in [0.1, 0.15) is 5.82 Å². The van der Waals surface area contributed by atoms with E-state index in [-0.39, 0.29) is 24.4 Å². The summed E-state index contributed by atoms with van der Waals surface area (Å²) in [6, 6.07) is 4.12. The maximum absolute atomic E-state index is 13.2. The summed E-state index contributed by atoms with van der Waals surface area (Å²) in [7, 11) is 0. The number of nitrogens with zero attached hydrogens (tertiary/aromatic N) is 2. The fourth-order valence-electron chi connectivity index (χ4n) is 2.84. The Labute approximate surface area is 146 Å². The number of halogens is 5. The molecule has 26 heavy (non-hydrogen) atoms. The van der Waals surface area contributed by atoms with Gasteiger partial charge in [-0.2, -0.15) is 18.2 Å². The lowest BCUT2D eigenvalue weighted by Gasteiger charge is -2.15. The molecule has 1 aromatic heterocycles. The van der Waals surface area contributed by atoms with Crippen LogP contribution in [0.15, 0.2) is 24.3 Å². The van der Waals surface area contributed by atoms with E-state index in [9.17, 15) is 22.0 Å². The molecule has 0 radical (unpaired) electrons. The second-order valence-corrected chi connectivity index (χ2v) is 6.19. The van der Waals surface area contributed by atoms with Gasteiger partial charge in [0.15, 0.2) is 17.3 Å². The number of alkyl halides is 3. The van der Waals surface area contributed by atoms with Crippen LogP contribution in [0.2, 0.25) is 0 Å². The Morgan fingerprint density at radius 3 is 2.38 bits per heavy atom. The number of hydrogen-bond acceptors (Lipinski definition) is 4. The molecule has 1 aliphatic carbocycles. The van der Waals surface area contributed by atoms with Crippen molar-refractivity contribution in [1.29, 1.82) is 0 Å². The van der Waals surface area contributed by atoms with Crippen LogP contribution in [0.1, 0.15) is 36.9 Å². The maximum Gasteiger partial charge on any atom is 0.433 e. The van der Waals surface area contributed by atoms with Crippen LogP contribution < -0.4 is 10.6 Å². The lowest BCUT2D eigenvalue weighted by atomic mass is 10.2. The zero-order valence-electron chi connectivity index (χ0n) is 13.7. The molecule has 1 saturated carbocycles. The first-order valence-electron chi connectivity index (χ1n) is 8.22. The molecule has 1 heterocycles. The molecule has 0 unspecified atom stereocenters. The van der Waals surface area contributed by atoms with Crippen LogP contribution in [0.25, 0.3) is 0 Å². The average Bonchev–Trinajstić information content (AvgIpc) is 3.08. The van der Waals surface area contributed by atoms with E-state index in [1.54, 1.807) is 0 Å². The summed E-state index contributed by atoms with van der Waals surface area (Å²) in [5.41, 5.74) is -0.692. The minimum atomic E-state index is -4.62. The number of benzene rings is 1. The van der Waals surface area contributed by atoms with Crippen molar-refractivity contribution in [2.24, 2.45) is 0 Å². The van der Waals surface area contributed by atoms with Crippen LogP contribution in [0.5, 0.6) is 0 Å². The number of aromatic nitrogens is 2. The predicted molar refractivity (Wildman–Crippen MR) is 86.6 cm³/mol. The number of nitrogens with one attached hydrogen (secondary N) is 2. The molecule has 1 fully saturated rings. The molecule has 0 aliphatic heterocycles. The van der Waals surface area contributed by atoms with Gasteiger partial charge in [0.2, 0.25) is 5.95 Å². The number of rotatable bonds is 5. The first kappa shape index (κ1) is 18.3. The highest BCUT2D eigenvalue weighted by Crippen LogP contribution is 2.30. The van der Waals surface area contributed by atoms with Gasteiger partial charge in [-0.3, -0.25) is 0 Å². The summed E-state index contributed by atoms with van der Waals surface area (Å²) >= 11 is 0. The molecular formula is C17H17F5N4. The molecule has 0 atom stereocenters. The van der Waals surface area contributed by atoms with Crippen molar-refractivity contribution < 1.29 is 22.0 Å². The Morgan fingerprint density at radius 1 is 1.00 bits per heavy atom. The Bertz CT molecular complexity index is 772. The third-order valence-electron chi connectivity index (χ3n) is 4.16. The van der Waals surface area contributed by atoms with Gasteiger partial charge in [-0.1, -0.05) is 18.9 Å². The van der Waals surface area contributed by atoms with Crippen LogP contribution in [0, 0.1) is 11.6 Å². The summed E-state index contributed by atoms with van der Waals surface area (Å²) in [6.45, 7) is -0.00558. The third-order valence-corrected chi connectivity index (χ3v) is 4.16. The summed E-state index contributed by atoms with van der Waals surface area (Å²) in [5.74, 6) is -2.15. The second kappa shape index (κ2) is 7.43. The van der Waals surface area contributed by atoms with Crippen molar-refractivity contribution in [1.82, 2.24) is 9.97 Å². The number of hydrogen-bond donors (Lipinski definition) is 2.